The SMILES string of the molecule is CCc1cccc(NC(=O)c2cc3c(s2)CC[C@H](C)C3)c1. The fourth-order valence-electron chi connectivity index (χ4n) is 2.88. The van der Waals surface area contributed by atoms with Crippen molar-refractivity contribution in [3.05, 3.63) is 51.2 Å². The third-order valence-corrected chi connectivity index (χ3v) is 5.38. The van der Waals surface area contributed by atoms with Crippen molar-refractivity contribution in [2.45, 2.75) is 39.5 Å². The minimum atomic E-state index is 0.0234. The first-order valence-corrected chi connectivity index (χ1v) is 8.49. The Morgan fingerprint density at radius 3 is 3.05 bits per heavy atom. The van der Waals surface area contributed by atoms with Crippen LogP contribution in [0.1, 0.15) is 45.9 Å². The summed E-state index contributed by atoms with van der Waals surface area (Å²) in [6, 6.07) is 10.2. The molecule has 0 radical (unpaired) electrons. The molecule has 1 heterocycles. The van der Waals surface area contributed by atoms with Crippen LogP contribution >= 0.6 is 11.3 Å². The van der Waals surface area contributed by atoms with Gasteiger partial charge in [0.15, 0.2) is 0 Å². The van der Waals surface area contributed by atoms with Crippen LogP contribution < -0.4 is 5.32 Å². The van der Waals surface area contributed by atoms with Gasteiger partial charge in [-0.2, -0.15) is 0 Å². The lowest BCUT2D eigenvalue weighted by Gasteiger charge is -2.16. The van der Waals surface area contributed by atoms with E-state index in [9.17, 15) is 4.79 Å². The van der Waals surface area contributed by atoms with E-state index in [4.69, 9.17) is 0 Å². The quantitative estimate of drug-likeness (QED) is 0.875. The highest BCUT2D eigenvalue weighted by molar-refractivity contribution is 7.14. The number of rotatable bonds is 3. The summed E-state index contributed by atoms with van der Waals surface area (Å²) in [6.45, 7) is 4.41. The number of carbonyl (C=O) groups is 1. The van der Waals surface area contributed by atoms with Gasteiger partial charge in [-0.25, -0.2) is 0 Å². The van der Waals surface area contributed by atoms with E-state index in [0.29, 0.717) is 0 Å². The summed E-state index contributed by atoms with van der Waals surface area (Å²) in [5.41, 5.74) is 3.51. The van der Waals surface area contributed by atoms with E-state index in [1.54, 1.807) is 11.3 Å². The van der Waals surface area contributed by atoms with Crippen molar-refractivity contribution in [3.8, 4) is 0 Å². The molecular weight excluding hydrogens is 278 g/mol. The van der Waals surface area contributed by atoms with E-state index >= 15 is 0 Å². The number of benzene rings is 1. The fraction of sp³-hybridized carbons (Fsp3) is 0.389. The van der Waals surface area contributed by atoms with Gasteiger partial charge in [-0.05, 0) is 60.9 Å². The van der Waals surface area contributed by atoms with Crippen molar-refractivity contribution in [2.24, 2.45) is 5.92 Å². The van der Waals surface area contributed by atoms with E-state index in [1.807, 2.05) is 18.2 Å². The maximum atomic E-state index is 12.4. The molecule has 3 heteroatoms. The highest BCUT2D eigenvalue weighted by atomic mass is 32.1. The molecule has 0 saturated carbocycles. The summed E-state index contributed by atoms with van der Waals surface area (Å²) >= 11 is 1.66. The predicted molar refractivity (Wildman–Crippen MR) is 89.3 cm³/mol. The molecule has 1 amide bonds. The van der Waals surface area contributed by atoms with Gasteiger partial charge in [0.05, 0.1) is 4.88 Å². The zero-order valence-electron chi connectivity index (χ0n) is 12.6. The van der Waals surface area contributed by atoms with Gasteiger partial charge in [0.25, 0.3) is 5.91 Å². The molecule has 0 saturated heterocycles. The van der Waals surface area contributed by atoms with Gasteiger partial charge in [-0.1, -0.05) is 26.0 Å². The highest BCUT2D eigenvalue weighted by Gasteiger charge is 2.20. The number of carbonyl (C=O) groups excluding carboxylic acids is 1. The number of fused-ring (bicyclic) bond motifs is 1. The maximum absolute atomic E-state index is 12.4. The van der Waals surface area contributed by atoms with Crippen molar-refractivity contribution in [3.63, 3.8) is 0 Å². The average molecular weight is 299 g/mol. The molecule has 1 aliphatic rings. The Morgan fingerprint density at radius 1 is 1.38 bits per heavy atom. The Bertz CT molecular complexity index is 659. The van der Waals surface area contributed by atoms with Crippen LogP contribution in [0.25, 0.3) is 0 Å². The second kappa shape index (κ2) is 6.02. The highest BCUT2D eigenvalue weighted by Crippen LogP contribution is 2.32. The summed E-state index contributed by atoms with van der Waals surface area (Å²) in [5, 5.41) is 3.02. The molecule has 1 N–H and O–H groups in total. The first-order chi connectivity index (χ1) is 10.2. The van der Waals surface area contributed by atoms with Crippen LogP contribution in [0.15, 0.2) is 30.3 Å². The molecule has 0 bridgehead atoms. The third-order valence-electron chi connectivity index (χ3n) is 4.15. The van der Waals surface area contributed by atoms with Crippen molar-refractivity contribution >= 4 is 22.9 Å². The summed E-state index contributed by atoms with van der Waals surface area (Å²) < 4.78 is 0. The molecule has 21 heavy (non-hydrogen) atoms. The fourth-order valence-corrected chi connectivity index (χ4v) is 3.98. The number of aryl methyl sites for hydroxylation is 2. The molecule has 1 aliphatic carbocycles. The van der Waals surface area contributed by atoms with Crippen molar-refractivity contribution < 1.29 is 4.79 Å². The third kappa shape index (κ3) is 3.18. The molecule has 0 spiro atoms. The van der Waals surface area contributed by atoms with Gasteiger partial charge in [0.1, 0.15) is 0 Å². The van der Waals surface area contributed by atoms with Gasteiger partial charge < -0.3 is 5.32 Å². The first-order valence-electron chi connectivity index (χ1n) is 7.67. The predicted octanol–water partition coefficient (Wildman–Crippen LogP) is 4.69. The van der Waals surface area contributed by atoms with Gasteiger partial charge in [0.2, 0.25) is 0 Å². The number of amides is 1. The van der Waals surface area contributed by atoms with E-state index in [-0.39, 0.29) is 5.91 Å². The molecule has 2 nitrogen and oxygen atoms in total. The molecule has 1 aromatic carbocycles. The minimum Gasteiger partial charge on any atom is -0.321 e. The summed E-state index contributed by atoms with van der Waals surface area (Å²) in [4.78, 5) is 14.7. The minimum absolute atomic E-state index is 0.0234. The zero-order chi connectivity index (χ0) is 14.8. The van der Waals surface area contributed by atoms with Crippen LogP contribution in [0.5, 0.6) is 0 Å². The van der Waals surface area contributed by atoms with Crippen LogP contribution in [-0.2, 0) is 19.3 Å². The normalized spacial score (nSPS) is 17.3. The molecule has 1 atom stereocenters. The van der Waals surface area contributed by atoms with Crippen molar-refractivity contribution in [1.29, 1.82) is 0 Å². The van der Waals surface area contributed by atoms with E-state index in [1.165, 1.54) is 22.4 Å². The number of hydrogen-bond acceptors (Lipinski definition) is 2. The lowest BCUT2D eigenvalue weighted by atomic mass is 9.90. The van der Waals surface area contributed by atoms with Gasteiger partial charge in [-0.3, -0.25) is 4.79 Å². The number of thiophene rings is 1. The molecule has 110 valence electrons. The molecule has 2 aromatic rings. The van der Waals surface area contributed by atoms with Crippen molar-refractivity contribution in [2.75, 3.05) is 5.32 Å². The standard InChI is InChI=1S/C18H21NOS/c1-3-13-5-4-6-15(10-13)19-18(20)17-11-14-9-12(2)7-8-16(14)21-17/h4-6,10-12H,3,7-9H2,1-2H3,(H,19,20)/t12-/m0/s1. The second-order valence-electron chi connectivity index (χ2n) is 5.92. The topological polar surface area (TPSA) is 29.1 Å². The second-order valence-corrected chi connectivity index (χ2v) is 7.05. The van der Waals surface area contributed by atoms with Crippen LogP contribution in [0.2, 0.25) is 0 Å². The van der Waals surface area contributed by atoms with Gasteiger partial charge >= 0.3 is 0 Å². The molecule has 1 aromatic heterocycles. The summed E-state index contributed by atoms with van der Waals surface area (Å²) in [5.74, 6) is 0.763. The van der Waals surface area contributed by atoms with Crippen LogP contribution in [0.4, 0.5) is 5.69 Å². The largest absolute Gasteiger partial charge is 0.321 e. The number of anilines is 1. The lowest BCUT2D eigenvalue weighted by Crippen LogP contribution is -2.10. The number of hydrogen-bond donors (Lipinski definition) is 1. The monoisotopic (exact) mass is 299 g/mol. The average Bonchev–Trinajstić information content (AvgIpc) is 2.90. The maximum Gasteiger partial charge on any atom is 0.265 e. The van der Waals surface area contributed by atoms with Gasteiger partial charge in [0, 0.05) is 10.6 Å². The Kier molecular flexibility index (Phi) is 4.11. The smallest absolute Gasteiger partial charge is 0.265 e. The van der Waals surface area contributed by atoms with Gasteiger partial charge in [-0.15, -0.1) is 11.3 Å². The Morgan fingerprint density at radius 2 is 2.24 bits per heavy atom. The molecule has 0 fully saturated rings. The number of nitrogens with one attached hydrogen (secondary N) is 1. The summed E-state index contributed by atoms with van der Waals surface area (Å²) in [7, 11) is 0. The molecule has 0 unspecified atom stereocenters. The Labute approximate surface area is 130 Å². The molecule has 3 rings (SSSR count). The van der Waals surface area contributed by atoms with Crippen LogP contribution in [0.3, 0.4) is 0 Å². The lowest BCUT2D eigenvalue weighted by molar-refractivity contribution is 0.103. The Balaban J connectivity index is 1.76. The van der Waals surface area contributed by atoms with E-state index < -0.39 is 0 Å². The van der Waals surface area contributed by atoms with E-state index in [2.05, 4.69) is 31.3 Å². The Hall–Kier alpha value is -1.61. The summed E-state index contributed by atoms with van der Waals surface area (Å²) in [6.07, 6.45) is 4.46. The molecule has 0 aliphatic heterocycles. The van der Waals surface area contributed by atoms with Crippen LogP contribution in [-0.4, -0.2) is 5.91 Å². The van der Waals surface area contributed by atoms with Crippen LogP contribution in [0, 0.1) is 5.92 Å². The molecular formula is C18H21NOS. The van der Waals surface area contributed by atoms with Crippen molar-refractivity contribution in [1.82, 2.24) is 0 Å². The first kappa shape index (κ1) is 14.3. The van der Waals surface area contributed by atoms with E-state index in [0.717, 1.165) is 35.7 Å². The zero-order valence-corrected chi connectivity index (χ0v) is 13.4.